The first-order valence-electron chi connectivity index (χ1n) is 7.24. The van der Waals surface area contributed by atoms with Crippen LogP contribution in [-0.2, 0) is 6.42 Å². The molecule has 2 aliphatic rings. The van der Waals surface area contributed by atoms with E-state index >= 15 is 0 Å². The molecule has 2 nitrogen and oxygen atoms in total. The zero-order valence-corrected chi connectivity index (χ0v) is 12.7. The summed E-state index contributed by atoms with van der Waals surface area (Å²) < 4.78 is 5.80. The lowest BCUT2D eigenvalue weighted by atomic mass is 10.0. The minimum Gasteiger partial charge on any atom is -0.497 e. The molecule has 0 amide bonds. The monoisotopic (exact) mass is 277 g/mol. The molecular weight excluding hydrogens is 254 g/mol. The molecule has 19 heavy (non-hydrogen) atoms. The molecule has 1 fully saturated rings. The lowest BCUT2D eigenvalue weighted by Crippen LogP contribution is -2.34. The Bertz CT molecular complexity index is 454. The largest absolute Gasteiger partial charge is 0.497 e. The Morgan fingerprint density at radius 1 is 1.47 bits per heavy atom. The summed E-state index contributed by atoms with van der Waals surface area (Å²) in [5.74, 6) is 2.31. The molecule has 0 spiro atoms. The number of fused-ring (bicyclic) bond motifs is 1. The highest BCUT2D eigenvalue weighted by molar-refractivity contribution is 8.00. The fourth-order valence-corrected chi connectivity index (χ4v) is 4.49. The van der Waals surface area contributed by atoms with E-state index in [0.717, 1.165) is 12.3 Å². The molecule has 0 aromatic heterocycles. The Hall–Kier alpha value is -0.670. The fourth-order valence-electron chi connectivity index (χ4n) is 3.23. The zero-order valence-electron chi connectivity index (χ0n) is 11.9. The number of nitrogens with one attached hydrogen (secondary N) is 1. The minimum absolute atomic E-state index is 0.446. The second-order valence-electron chi connectivity index (χ2n) is 5.94. The first kappa shape index (κ1) is 13.3. The van der Waals surface area contributed by atoms with Gasteiger partial charge in [0, 0.05) is 17.3 Å². The van der Waals surface area contributed by atoms with Crippen molar-refractivity contribution in [1.29, 1.82) is 0 Å². The lowest BCUT2D eigenvalue weighted by Gasteiger charge is -2.26. The number of ether oxygens (including phenoxy) is 1. The van der Waals surface area contributed by atoms with E-state index in [1.54, 1.807) is 7.11 Å². The lowest BCUT2D eigenvalue weighted by molar-refractivity contribution is 0.412. The number of benzene rings is 1. The molecule has 2 unspecified atom stereocenters. The predicted molar refractivity (Wildman–Crippen MR) is 82.2 cm³/mol. The van der Waals surface area contributed by atoms with E-state index in [2.05, 4.69) is 42.2 Å². The van der Waals surface area contributed by atoms with Gasteiger partial charge < -0.3 is 10.1 Å². The third-order valence-electron chi connectivity index (χ3n) is 4.45. The SMILES string of the molecule is COc1ccc2c(c1)C(NCC1(C)CCCS1)CC2. The second kappa shape index (κ2) is 5.37. The van der Waals surface area contributed by atoms with Crippen LogP contribution >= 0.6 is 11.8 Å². The molecule has 2 atom stereocenters. The summed E-state index contributed by atoms with van der Waals surface area (Å²) >= 11 is 2.13. The average Bonchev–Trinajstić information content (AvgIpc) is 3.03. The van der Waals surface area contributed by atoms with Crippen LogP contribution in [0.3, 0.4) is 0 Å². The number of thioether (sulfide) groups is 1. The van der Waals surface area contributed by atoms with E-state index in [4.69, 9.17) is 4.74 Å². The summed E-state index contributed by atoms with van der Waals surface area (Å²) in [4.78, 5) is 0. The Balaban J connectivity index is 1.68. The van der Waals surface area contributed by atoms with Crippen molar-refractivity contribution >= 4 is 11.8 Å². The topological polar surface area (TPSA) is 21.3 Å². The molecule has 1 aromatic carbocycles. The van der Waals surface area contributed by atoms with Crippen LogP contribution in [0, 0.1) is 0 Å². The predicted octanol–water partition coefficient (Wildman–Crippen LogP) is 3.56. The quantitative estimate of drug-likeness (QED) is 0.909. The molecular formula is C16H23NOS. The van der Waals surface area contributed by atoms with E-state index in [-0.39, 0.29) is 0 Å². The molecule has 1 aromatic rings. The summed E-state index contributed by atoms with van der Waals surface area (Å²) in [6, 6.07) is 7.03. The number of hydrogen-bond acceptors (Lipinski definition) is 3. The normalized spacial score (nSPS) is 29.5. The summed E-state index contributed by atoms with van der Waals surface area (Å²) in [6.45, 7) is 3.53. The molecule has 0 bridgehead atoms. The summed E-state index contributed by atoms with van der Waals surface area (Å²) in [5.41, 5.74) is 2.94. The van der Waals surface area contributed by atoms with Crippen LogP contribution in [0.25, 0.3) is 0 Å². The third kappa shape index (κ3) is 2.77. The van der Waals surface area contributed by atoms with Gasteiger partial charge in [-0.25, -0.2) is 0 Å². The molecule has 1 aliphatic heterocycles. The molecule has 3 heteroatoms. The smallest absolute Gasteiger partial charge is 0.119 e. The Morgan fingerprint density at radius 3 is 3.11 bits per heavy atom. The van der Waals surface area contributed by atoms with Gasteiger partial charge in [0.25, 0.3) is 0 Å². The molecule has 0 saturated carbocycles. The van der Waals surface area contributed by atoms with Gasteiger partial charge in [0.15, 0.2) is 0 Å². The number of hydrogen-bond donors (Lipinski definition) is 1. The van der Waals surface area contributed by atoms with Crippen molar-refractivity contribution in [3.05, 3.63) is 29.3 Å². The maximum Gasteiger partial charge on any atom is 0.119 e. The van der Waals surface area contributed by atoms with Crippen molar-refractivity contribution < 1.29 is 4.74 Å². The molecule has 104 valence electrons. The van der Waals surface area contributed by atoms with Crippen molar-refractivity contribution in [2.24, 2.45) is 0 Å². The van der Waals surface area contributed by atoms with Crippen molar-refractivity contribution in [3.63, 3.8) is 0 Å². The van der Waals surface area contributed by atoms with Crippen molar-refractivity contribution in [2.45, 2.75) is 43.4 Å². The van der Waals surface area contributed by atoms with E-state index in [9.17, 15) is 0 Å². The number of aryl methyl sites for hydroxylation is 1. The fraction of sp³-hybridized carbons (Fsp3) is 0.625. The van der Waals surface area contributed by atoms with Crippen LogP contribution in [-0.4, -0.2) is 24.2 Å². The van der Waals surface area contributed by atoms with Gasteiger partial charge in [0.2, 0.25) is 0 Å². The third-order valence-corrected chi connectivity index (χ3v) is 5.99. The van der Waals surface area contributed by atoms with Crippen LogP contribution in [0.5, 0.6) is 5.75 Å². The maximum atomic E-state index is 5.35. The Morgan fingerprint density at radius 2 is 2.37 bits per heavy atom. The Kier molecular flexibility index (Phi) is 3.77. The number of rotatable bonds is 4. The van der Waals surface area contributed by atoms with Crippen LogP contribution in [0.1, 0.15) is 43.4 Å². The summed E-state index contributed by atoms with van der Waals surface area (Å²) in [7, 11) is 1.75. The number of methoxy groups -OCH3 is 1. The van der Waals surface area contributed by atoms with Gasteiger partial charge >= 0.3 is 0 Å². The highest BCUT2D eigenvalue weighted by Crippen LogP contribution is 2.39. The van der Waals surface area contributed by atoms with Gasteiger partial charge in [0.1, 0.15) is 5.75 Å². The van der Waals surface area contributed by atoms with Crippen LogP contribution in [0.2, 0.25) is 0 Å². The van der Waals surface area contributed by atoms with Crippen LogP contribution in [0.4, 0.5) is 0 Å². The van der Waals surface area contributed by atoms with Gasteiger partial charge in [-0.1, -0.05) is 6.07 Å². The van der Waals surface area contributed by atoms with E-state index in [0.29, 0.717) is 10.8 Å². The summed E-state index contributed by atoms with van der Waals surface area (Å²) in [5, 5.41) is 3.80. The van der Waals surface area contributed by atoms with Gasteiger partial charge in [-0.05, 0) is 61.6 Å². The van der Waals surface area contributed by atoms with Gasteiger partial charge in [0.05, 0.1) is 7.11 Å². The van der Waals surface area contributed by atoms with Gasteiger partial charge in [-0.15, -0.1) is 0 Å². The maximum absolute atomic E-state index is 5.35. The standard InChI is InChI=1S/C16H23NOS/c1-16(8-3-9-19-16)11-17-15-7-5-12-4-6-13(18-2)10-14(12)15/h4,6,10,15,17H,3,5,7-9,11H2,1-2H3. The van der Waals surface area contributed by atoms with E-state index < -0.39 is 0 Å². The minimum atomic E-state index is 0.446. The molecule has 1 N–H and O–H groups in total. The van der Waals surface area contributed by atoms with Crippen molar-refractivity contribution in [3.8, 4) is 5.75 Å². The van der Waals surface area contributed by atoms with E-state index in [1.807, 2.05) is 0 Å². The molecule has 1 aliphatic carbocycles. The molecule has 3 rings (SSSR count). The molecule has 1 saturated heterocycles. The highest BCUT2D eigenvalue weighted by Gasteiger charge is 2.31. The highest BCUT2D eigenvalue weighted by atomic mass is 32.2. The first-order chi connectivity index (χ1) is 9.20. The van der Waals surface area contributed by atoms with E-state index in [1.165, 1.54) is 42.6 Å². The molecule has 0 radical (unpaired) electrons. The van der Waals surface area contributed by atoms with Gasteiger partial charge in [-0.3, -0.25) is 0 Å². The zero-order chi connectivity index (χ0) is 13.3. The first-order valence-corrected chi connectivity index (χ1v) is 8.23. The molecule has 1 heterocycles. The van der Waals surface area contributed by atoms with Crippen molar-refractivity contribution in [2.75, 3.05) is 19.4 Å². The summed E-state index contributed by atoms with van der Waals surface area (Å²) in [6.07, 6.45) is 5.14. The van der Waals surface area contributed by atoms with Crippen LogP contribution in [0.15, 0.2) is 18.2 Å². The average molecular weight is 277 g/mol. The van der Waals surface area contributed by atoms with Crippen LogP contribution < -0.4 is 10.1 Å². The Labute approximate surface area is 120 Å². The second-order valence-corrected chi connectivity index (χ2v) is 7.62. The van der Waals surface area contributed by atoms with Gasteiger partial charge in [-0.2, -0.15) is 11.8 Å². The van der Waals surface area contributed by atoms with Crippen molar-refractivity contribution in [1.82, 2.24) is 5.32 Å².